The third kappa shape index (κ3) is 5.03. The first-order valence-corrected chi connectivity index (χ1v) is 12.7. The van der Waals surface area contributed by atoms with Crippen molar-refractivity contribution in [2.24, 2.45) is 5.92 Å². The molecule has 156 valence electrons. The summed E-state index contributed by atoms with van der Waals surface area (Å²) in [5.74, 6) is -0.646. The smallest absolute Gasteiger partial charge is 0.410 e. The molecule has 0 bridgehead atoms. The molecule has 0 aromatic rings. The molecular weight excluding hydrogens is 364 g/mol. The maximum atomic E-state index is 12.7. The fourth-order valence-electron chi connectivity index (χ4n) is 3.21. The molecule has 0 spiro atoms. The summed E-state index contributed by atoms with van der Waals surface area (Å²) in [6.45, 7) is 17.1. The number of nitrogens with zero attached hydrogens (tertiary/aromatic N) is 1. The molecule has 2 amide bonds. The molecule has 2 aliphatic heterocycles. The van der Waals surface area contributed by atoms with Gasteiger partial charge in [-0.15, -0.1) is 0 Å². The lowest BCUT2D eigenvalue weighted by molar-refractivity contribution is -0.138. The Morgan fingerprint density at radius 3 is 2.26 bits per heavy atom. The van der Waals surface area contributed by atoms with E-state index >= 15 is 0 Å². The number of aliphatic hydroxyl groups excluding tert-OH is 1. The molecular formula is C19H36N2O5Si. The fraction of sp³-hybridized carbons (Fsp3) is 0.895. The summed E-state index contributed by atoms with van der Waals surface area (Å²) in [4.78, 5) is 26.0. The third-order valence-electron chi connectivity index (χ3n) is 5.84. The van der Waals surface area contributed by atoms with Crippen LogP contribution >= 0.6 is 0 Å². The molecule has 0 aliphatic carbocycles. The minimum atomic E-state index is -2.02. The van der Waals surface area contributed by atoms with Crippen molar-refractivity contribution < 1.29 is 23.9 Å². The number of β-lactam (4-membered cyclic amide) rings is 1. The Labute approximate surface area is 163 Å². The van der Waals surface area contributed by atoms with Gasteiger partial charge in [0.15, 0.2) is 8.32 Å². The second-order valence-corrected chi connectivity index (χ2v) is 15.0. The minimum absolute atomic E-state index is 0.0499. The number of amides is 2. The Bertz CT molecular complexity index is 582. The van der Waals surface area contributed by atoms with Gasteiger partial charge in [0.2, 0.25) is 5.91 Å². The van der Waals surface area contributed by atoms with Crippen LogP contribution in [-0.2, 0) is 14.0 Å². The van der Waals surface area contributed by atoms with Gasteiger partial charge in [-0.2, -0.15) is 0 Å². The Morgan fingerprint density at radius 2 is 1.85 bits per heavy atom. The van der Waals surface area contributed by atoms with E-state index in [0.29, 0.717) is 19.5 Å². The van der Waals surface area contributed by atoms with Gasteiger partial charge < -0.3 is 19.6 Å². The van der Waals surface area contributed by atoms with Crippen molar-refractivity contribution in [3.8, 4) is 0 Å². The molecule has 3 unspecified atom stereocenters. The molecule has 7 nitrogen and oxygen atoms in total. The number of carbonyl (C=O) groups is 2. The van der Waals surface area contributed by atoms with E-state index in [1.165, 1.54) is 0 Å². The molecule has 0 aromatic carbocycles. The maximum Gasteiger partial charge on any atom is 0.410 e. The Morgan fingerprint density at radius 1 is 1.26 bits per heavy atom. The second kappa shape index (κ2) is 7.37. The van der Waals surface area contributed by atoms with E-state index in [-0.39, 0.29) is 17.0 Å². The minimum Gasteiger partial charge on any atom is -0.444 e. The number of carbonyl (C=O) groups excluding carboxylic acids is 2. The number of likely N-dealkylation sites (tertiary alicyclic amines) is 1. The third-order valence-corrected chi connectivity index (χ3v) is 10.4. The zero-order valence-electron chi connectivity index (χ0n) is 18.0. The zero-order valence-corrected chi connectivity index (χ0v) is 19.0. The van der Waals surface area contributed by atoms with Crippen molar-refractivity contribution in [2.45, 2.75) is 89.9 Å². The van der Waals surface area contributed by atoms with E-state index in [9.17, 15) is 14.7 Å². The average molecular weight is 401 g/mol. The molecule has 2 aliphatic rings. The van der Waals surface area contributed by atoms with E-state index in [2.05, 4.69) is 39.2 Å². The molecule has 0 aromatic heterocycles. The molecule has 0 saturated carbocycles. The quantitative estimate of drug-likeness (QED) is 0.559. The average Bonchev–Trinajstić information content (AvgIpc) is 2.86. The van der Waals surface area contributed by atoms with E-state index in [0.717, 1.165) is 0 Å². The first-order chi connectivity index (χ1) is 12.1. The van der Waals surface area contributed by atoms with Gasteiger partial charge in [0, 0.05) is 13.1 Å². The Kier molecular flexibility index (Phi) is 6.05. The molecule has 2 fully saturated rings. The summed E-state index contributed by atoms with van der Waals surface area (Å²) in [5, 5.41) is 13.5. The van der Waals surface area contributed by atoms with Crippen LogP contribution in [0.3, 0.4) is 0 Å². The highest BCUT2D eigenvalue weighted by Crippen LogP contribution is 2.39. The summed E-state index contributed by atoms with van der Waals surface area (Å²) in [5.41, 5.74) is -0.626. The monoisotopic (exact) mass is 400 g/mol. The SMILES string of the molecule is CC(C)(C)OC(=O)N1CC(O[Si](C)(C)C(C)(C)C)C[C@H]1C(O)C1CNC1=O. The number of rotatable bonds is 4. The van der Waals surface area contributed by atoms with Gasteiger partial charge in [0.1, 0.15) is 5.60 Å². The van der Waals surface area contributed by atoms with E-state index in [1.54, 1.807) is 4.90 Å². The fourth-order valence-corrected chi connectivity index (χ4v) is 4.56. The molecule has 27 heavy (non-hydrogen) atoms. The van der Waals surface area contributed by atoms with Crippen LogP contribution in [-0.4, -0.2) is 67.3 Å². The topological polar surface area (TPSA) is 88.1 Å². The van der Waals surface area contributed by atoms with Crippen molar-refractivity contribution in [2.75, 3.05) is 13.1 Å². The van der Waals surface area contributed by atoms with Crippen LogP contribution in [0.1, 0.15) is 48.0 Å². The molecule has 2 heterocycles. The van der Waals surface area contributed by atoms with E-state index < -0.39 is 38.1 Å². The first kappa shape index (κ1) is 22.2. The van der Waals surface area contributed by atoms with Crippen molar-refractivity contribution in [1.82, 2.24) is 10.2 Å². The van der Waals surface area contributed by atoms with Crippen molar-refractivity contribution in [3.63, 3.8) is 0 Å². The molecule has 0 radical (unpaired) electrons. The van der Waals surface area contributed by atoms with Crippen LogP contribution in [0.15, 0.2) is 0 Å². The lowest BCUT2D eigenvalue weighted by Gasteiger charge is -2.38. The second-order valence-electron chi connectivity index (χ2n) is 10.3. The van der Waals surface area contributed by atoms with Gasteiger partial charge in [-0.3, -0.25) is 9.69 Å². The largest absolute Gasteiger partial charge is 0.444 e. The van der Waals surface area contributed by atoms with Crippen LogP contribution in [0.4, 0.5) is 4.79 Å². The predicted molar refractivity (Wildman–Crippen MR) is 106 cm³/mol. The number of nitrogens with one attached hydrogen (secondary N) is 1. The molecule has 2 saturated heterocycles. The predicted octanol–water partition coefficient (Wildman–Crippen LogP) is 2.49. The summed E-state index contributed by atoms with van der Waals surface area (Å²) < 4.78 is 12.0. The van der Waals surface area contributed by atoms with Gasteiger partial charge in [-0.1, -0.05) is 20.8 Å². The van der Waals surface area contributed by atoms with Gasteiger partial charge in [0.25, 0.3) is 0 Å². The molecule has 2 N–H and O–H groups in total. The summed E-state index contributed by atoms with van der Waals surface area (Å²) in [6, 6.07) is -0.481. The molecule has 2 rings (SSSR count). The number of hydrogen-bond donors (Lipinski definition) is 2. The lowest BCUT2D eigenvalue weighted by atomic mass is 9.89. The van der Waals surface area contributed by atoms with Crippen LogP contribution < -0.4 is 5.32 Å². The van der Waals surface area contributed by atoms with Gasteiger partial charge in [-0.25, -0.2) is 4.79 Å². The Balaban J connectivity index is 2.17. The molecule has 4 atom stereocenters. The Hall–Kier alpha value is -1.12. The van der Waals surface area contributed by atoms with Crippen LogP contribution in [0.25, 0.3) is 0 Å². The van der Waals surface area contributed by atoms with Gasteiger partial charge >= 0.3 is 6.09 Å². The van der Waals surface area contributed by atoms with Crippen LogP contribution in [0.5, 0.6) is 0 Å². The highest BCUT2D eigenvalue weighted by Gasteiger charge is 2.49. The highest BCUT2D eigenvalue weighted by atomic mass is 28.4. The summed E-state index contributed by atoms with van der Waals surface area (Å²) in [6.07, 6.45) is -1.04. The highest BCUT2D eigenvalue weighted by molar-refractivity contribution is 6.74. The lowest BCUT2D eigenvalue weighted by Crippen LogP contribution is -2.59. The van der Waals surface area contributed by atoms with Crippen molar-refractivity contribution in [3.05, 3.63) is 0 Å². The number of aliphatic hydroxyl groups is 1. The summed E-state index contributed by atoms with van der Waals surface area (Å²) >= 11 is 0. The maximum absolute atomic E-state index is 12.7. The van der Waals surface area contributed by atoms with Crippen molar-refractivity contribution >= 4 is 20.3 Å². The summed E-state index contributed by atoms with van der Waals surface area (Å²) in [7, 11) is -2.02. The van der Waals surface area contributed by atoms with E-state index in [4.69, 9.17) is 9.16 Å². The molecule has 8 heteroatoms. The normalized spacial score (nSPS) is 27.8. The zero-order chi connectivity index (χ0) is 20.8. The van der Waals surface area contributed by atoms with Gasteiger partial charge in [0.05, 0.1) is 24.2 Å². The standard InChI is InChI=1S/C19H36N2O5Si/c1-18(2,3)25-17(24)21-11-12(26-27(7,8)19(4,5)6)9-14(21)15(22)13-10-20-16(13)23/h12-15,22H,9-11H2,1-8H3,(H,20,23)/t12?,13?,14-,15?/m0/s1. The first-order valence-electron chi connectivity index (χ1n) is 9.75. The van der Waals surface area contributed by atoms with E-state index in [1.807, 2.05) is 20.8 Å². The van der Waals surface area contributed by atoms with Gasteiger partial charge in [-0.05, 0) is 45.3 Å². The van der Waals surface area contributed by atoms with Crippen molar-refractivity contribution in [1.29, 1.82) is 0 Å². The van der Waals surface area contributed by atoms with Crippen LogP contribution in [0, 0.1) is 5.92 Å². The van der Waals surface area contributed by atoms with Crippen LogP contribution in [0.2, 0.25) is 18.1 Å². The number of hydrogen-bond acceptors (Lipinski definition) is 5. The number of ether oxygens (including phenoxy) is 1.